The van der Waals surface area contributed by atoms with Gasteiger partial charge in [0.05, 0.1) is 13.7 Å². The number of amides is 3. The molecular formula is C27H30FN3O5. The minimum absolute atomic E-state index is 0.105. The first-order valence-corrected chi connectivity index (χ1v) is 12.4. The fraction of sp³-hybridized carbons (Fsp3) is 0.444. The van der Waals surface area contributed by atoms with Crippen molar-refractivity contribution in [2.75, 3.05) is 39.9 Å². The second-order valence-electron chi connectivity index (χ2n) is 9.51. The summed E-state index contributed by atoms with van der Waals surface area (Å²) in [5, 5.41) is 0. The molecule has 36 heavy (non-hydrogen) atoms. The summed E-state index contributed by atoms with van der Waals surface area (Å²) in [6.07, 6.45) is 2.65. The maximum Gasteiger partial charge on any atom is 0.256 e. The quantitative estimate of drug-likeness (QED) is 0.652. The van der Waals surface area contributed by atoms with Crippen molar-refractivity contribution in [1.82, 2.24) is 14.7 Å². The van der Waals surface area contributed by atoms with E-state index >= 15 is 0 Å². The van der Waals surface area contributed by atoms with E-state index in [4.69, 9.17) is 9.47 Å². The monoisotopic (exact) mass is 495 g/mol. The molecule has 3 aliphatic heterocycles. The molecule has 1 unspecified atom stereocenters. The lowest BCUT2D eigenvalue weighted by Gasteiger charge is -2.44. The number of hydrogen-bond donors (Lipinski definition) is 0. The van der Waals surface area contributed by atoms with Gasteiger partial charge in [0, 0.05) is 50.1 Å². The number of hydrogen-bond acceptors (Lipinski definition) is 5. The highest BCUT2D eigenvalue weighted by Gasteiger charge is 2.55. The van der Waals surface area contributed by atoms with Crippen LogP contribution in [-0.4, -0.2) is 84.1 Å². The summed E-state index contributed by atoms with van der Waals surface area (Å²) in [7, 11) is 1.57. The molecule has 3 heterocycles. The molecule has 5 rings (SSSR count). The van der Waals surface area contributed by atoms with E-state index in [9.17, 15) is 18.8 Å². The third kappa shape index (κ3) is 4.43. The zero-order chi connectivity index (χ0) is 25.3. The van der Waals surface area contributed by atoms with Crippen LogP contribution in [0.3, 0.4) is 0 Å². The predicted octanol–water partition coefficient (Wildman–Crippen LogP) is 2.93. The number of carbonyl (C=O) groups is 3. The van der Waals surface area contributed by atoms with Crippen LogP contribution in [0.2, 0.25) is 0 Å². The highest BCUT2D eigenvalue weighted by Crippen LogP contribution is 2.39. The third-order valence-corrected chi connectivity index (χ3v) is 7.44. The number of rotatable bonds is 4. The molecule has 0 N–H and O–H groups in total. The Hall–Kier alpha value is -3.46. The average molecular weight is 496 g/mol. The minimum atomic E-state index is -0.998. The largest absolute Gasteiger partial charge is 0.497 e. The summed E-state index contributed by atoms with van der Waals surface area (Å²) in [5.41, 5.74) is -0.139. The van der Waals surface area contributed by atoms with Crippen LogP contribution in [0.15, 0.2) is 48.5 Å². The van der Waals surface area contributed by atoms with E-state index in [1.807, 2.05) is 0 Å². The highest BCUT2D eigenvalue weighted by molar-refractivity contribution is 5.98. The fourth-order valence-corrected chi connectivity index (χ4v) is 5.41. The van der Waals surface area contributed by atoms with Gasteiger partial charge in [-0.15, -0.1) is 0 Å². The van der Waals surface area contributed by atoms with Crippen LogP contribution in [0.25, 0.3) is 0 Å². The SMILES string of the molecule is COc1ccc(C(=O)N2CCC3(CC2)OCC(C(=O)N2CCCC2)N3C(=O)c2ccc(F)cc2)cc1. The van der Waals surface area contributed by atoms with Gasteiger partial charge in [0.1, 0.15) is 23.3 Å². The van der Waals surface area contributed by atoms with Crippen molar-refractivity contribution in [1.29, 1.82) is 0 Å². The summed E-state index contributed by atoms with van der Waals surface area (Å²) < 4.78 is 24.9. The van der Waals surface area contributed by atoms with Crippen LogP contribution < -0.4 is 4.74 Å². The summed E-state index contributed by atoms with van der Waals surface area (Å²) in [5.74, 6) is -0.343. The smallest absolute Gasteiger partial charge is 0.256 e. The van der Waals surface area contributed by atoms with E-state index in [1.165, 1.54) is 24.3 Å². The molecule has 3 amide bonds. The standard InChI is InChI=1S/C27H30FN3O5/c1-35-22-10-6-19(7-11-22)24(32)30-16-12-27(13-17-30)31(25(33)20-4-8-21(28)9-5-20)23(18-36-27)26(34)29-14-2-3-15-29/h4-11,23H,2-3,12-18H2,1H3. The zero-order valence-corrected chi connectivity index (χ0v) is 20.3. The number of ether oxygens (including phenoxy) is 2. The second kappa shape index (κ2) is 9.89. The molecule has 0 bridgehead atoms. The maximum absolute atomic E-state index is 13.7. The lowest BCUT2D eigenvalue weighted by atomic mass is 9.96. The van der Waals surface area contributed by atoms with Gasteiger partial charge in [0.25, 0.3) is 11.8 Å². The number of likely N-dealkylation sites (tertiary alicyclic amines) is 2. The van der Waals surface area contributed by atoms with E-state index in [0.717, 1.165) is 12.8 Å². The van der Waals surface area contributed by atoms with Crippen LogP contribution in [0.4, 0.5) is 4.39 Å². The summed E-state index contributed by atoms with van der Waals surface area (Å²) in [6.45, 7) is 2.20. The number of piperidine rings is 1. The number of methoxy groups -OCH3 is 1. The molecule has 2 aromatic carbocycles. The van der Waals surface area contributed by atoms with E-state index in [-0.39, 0.29) is 24.3 Å². The fourth-order valence-electron chi connectivity index (χ4n) is 5.41. The van der Waals surface area contributed by atoms with Crippen LogP contribution in [-0.2, 0) is 9.53 Å². The predicted molar refractivity (Wildman–Crippen MR) is 129 cm³/mol. The Morgan fingerprint density at radius 1 is 0.861 bits per heavy atom. The van der Waals surface area contributed by atoms with Crippen molar-refractivity contribution in [2.24, 2.45) is 0 Å². The Morgan fingerprint density at radius 2 is 1.44 bits per heavy atom. The lowest BCUT2D eigenvalue weighted by Crippen LogP contribution is -2.60. The van der Waals surface area contributed by atoms with Gasteiger partial charge in [-0.3, -0.25) is 19.3 Å². The molecule has 0 aromatic heterocycles. The number of benzene rings is 2. The van der Waals surface area contributed by atoms with Crippen molar-refractivity contribution in [3.05, 3.63) is 65.5 Å². The summed E-state index contributed by atoms with van der Waals surface area (Å²) >= 11 is 0. The first kappa shape index (κ1) is 24.2. The zero-order valence-electron chi connectivity index (χ0n) is 20.3. The van der Waals surface area contributed by atoms with Crippen molar-refractivity contribution in [3.63, 3.8) is 0 Å². The molecule has 3 fully saturated rings. The van der Waals surface area contributed by atoms with Gasteiger partial charge in [-0.2, -0.15) is 0 Å². The highest BCUT2D eigenvalue weighted by atomic mass is 19.1. The van der Waals surface area contributed by atoms with Crippen molar-refractivity contribution in [2.45, 2.75) is 37.5 Å². The van der Waals surface area contributed by atoms with Gasteiger partial charge < -0.3 is 19.3 Å². The molecule has 0 radical (unpaired) electrons. The van der Waals surface area contributed by atoms with Gasteiger partial charge in [0.2, 0.25) is 5.91 Å². The van der Waals surface area contributed by atoms with Crippen LogP contribution in [0, 0.1) is 5.82 Å². The van der Waals surface area contributed by atoms with Gasteiger partial charge in [-0.25, -0.2) is 4.39 Å². The minimum Gasteiger partial charge on any atom is -0.497 e. The molecule has 0 aliphatic carbocycles. The molecule has 0 saturated carbocycles. The van der Waals surface area contributed by atoms with Crippen molar-refractivity contribution < 1.29 is 28.2 Å². The topological polar surface area (TPSA) is 79.4 Å². The Bertz CT molecular complexity index is 1120. The van der Waals surface area contributed by atoms with E-state index < -0.39 is 17.6 Å². The van der Waals surface area contributed by atoms with Crippen LogP contribution in [0.1, 0.15) is 46.4 Å². The Labute approximate surface area is 209 Å². The van der Waals surface area contributed by atoms with Crippen LogP contribution >= 0.6 is 0 Å². The van der Waals surface area contributed by atoms with Gasteiger partial charge in [-0.05, 0) is 61.4 Å². The average Bonchev–Trinajstić information content (AvgIpc) is 3.58. The molecule has 3 saturated heterocycles. The van der Waals surface area contributed by atoms with Gasteiger partial charge in [0.15, 0.2) is 0 Å². The Morgan fingerprint density at radius 3 is 2.06 bits per heavy atom. The number of carbonyl (C=O) groups excluding carboxylic acids is 3. The lowest BCUT2D eigenvalue weighted by molar-refractivity contribution is -0.136. The molecule has 3 aliphatic rings. The molecule has 190 valence electrons. The number of halogens is 1. The van der Waals surface area contributed by atoms with E-state index in [0.29, 0.717) is 55.9 Å². The molecule has 9 heteroatoms. The van der Waals surface area contributed by atoms with Crippen LogP contribution in [0.5, 0.6) is 5.75 Å². The maximum atomic E-state index is 13.7. The third-order valence-electron chi connectivity index (χ3n) is 7.44. The van der Waals surface area contributed by atoms with E-state index in [1.54, 1.807) is 46.1 Å². The molecule has 1 atom stereocenters. The molecule has 2 aromatic rings. The Kier molecular flexibility index (Phi) is 6.66. The first-order valence-electron chi connectivity index (χ1n) is 12.4. The van der Waals surface area contributed by atoms with E-state index in [2.05, 4.69) is 0 Å². The second-order valence-corrected chi connectivity index (χ2v) is 9.51. The Balaban J connectivity index is 1.37. The van der Waals surface area contributed by atoms with Crippen molar-refractivity contribution >= 4 is 17.7 Å². The molecular weight excluding hydrogens is 465 g/mol. The van der Waals surface area contributed by atoms with Gasteiger partial charge in [-0.1, -0.05) is 0 Å². The summed E-state index contributed by atoms with van der Waals surface area (Å²) in [4.78, 5) is 45.3. The number of nitrogens with zero attached hydrogens (tertiary/aromatic N) is 3. The molecule has 1 spiro atoms. The summed E-state index contributed by atoms with van der Waals surface area (Å²) in [6, 6.07) is 11.6. The first-order chi connectivity index (χ1) is 17.4. The normalized spacial score (nSPS) is 21.2. The molecule has 8 nitrogen and oxygen atoms in total. The van der Waals surface area contributed by atoms with Gasteiger partial charge >= 0.3 is 0 Å². The van der Waals surface area contributed by atoms with Crippen molar-refractivity contribution in [3.8, 4) is 5.75 Å².